The third-order valence-corrected chi connectivity index (χ3v) is 4.40. The van der Waals surface area contributed by atoms with E-state index in [0.29, 0.717) is 23.9 Å². The van der Waals surface area contributed by atoms with Gasteiger partial charge in [-0.3, -0.25) is 20.4 Å². The Morgan fingerprint density at radius 2 is 1.73 bits per heavy atom. The summed E-state index contributed by atoms with van der Waals surface area (Å²) in [7, 11) is 0. The first-order chi connectivity index (χ1) is 14.6. The van der Waals surface area contributed by atoms with Crippen molar-refractivity contribution in [3.8, 4) is 17.1 Å². The minimum atomic E-state index is -0.374. The highest BCUT2D eigenvalue weighted by molar-refractivity contribution is 5.95. The molecule has 0 radical (unpaired) electrons. The number of aryl methyl sites for hydroxylation is 2. The van der Waals surface area contributed by atoms with Gasteiger partial charge in [0.15, 0.2) is 0 Å². The van der Waals surface area contributed by atoms with E-state index in [9.17, 15) is 9.59 Å². The second kappa shape index (κ2) is 10.2. The summed E-state index contributed by atoms with van der Waals surface area (Å²) in [6.07, 6.45) is 1.26. The predicted molar refractivity (Wildman–Crippen MR) is 111 cm³/mol. The molecule has 30 heavy (non-hydrogen) atoms. The molecule has 0 bridgehead atoms. The molecule has 1 aromatic heterocycles. The molecule has 2 aromatic carbocycles. The summed E-state index contributed by atoms with van der Waals surface area (Å²) >= 11 is 0. The van der Waals surface area contributed by atoms with Crippen LogP contribution in [0.4, 0.5) is 0 Å². The Hall–Kier alpha value is -3.68. The van der Waals surface area contributed by atoms with Gasteiger partial charge in [0, 0.05) is 24.0 Å². The summed E-state index contributed by atoms with van der Waals surface area (Å²) in [4.78, 5) is 28.4. The van der Waals surface area contributed by atoms with Crippen LogP contribution in [0, 0.1) is 0 Å². The van der Waals surface area contributed by atoms with E-state index in [-0.39, 0.29) is 24.7 Å². The number of nitrogens with zero attached hydrogens (tertiary/aromatic N) is 2. The Morgan fingerprint density at radius 1 is 1.00 bits per heavy atom. The highest BCUT2D eigenvalue weighted by Crippen LogP contribution is 2.20. The van der Waals surface area contributed by atoms with Crippen LogP contribution < -0.4 is 15.6 Å². The normalized spacial score (nSPS) is 10.5. The van der Waals surface area contributed by atoms with E-state index in [1.54, 1.807) is 12.1 Å². The van der Waals surface area contributed by atoms with Crippen molar-refractivity contribution >= 4 is 11.8 Å². The minimum Gasteiger partial charge on any atom is -0.494 e. The molecule has 3 rings (SSSR count). The molecule has 0 saturated heterocycles. The van der Waals surface area contributed by atoms with Gasteiger partial charge in [0.1, 0.15) is 5.75 Å². The van der Waals surface area contributed by atoms with Gasteiger partial charge in [-0.1, -0.05) is 24.2 Å². The maximum atomic E-state index is 12.1. The molecular weight excluding hydrogens is 384 g/mol. The average molecular weight is 408 g/mol. The first-order valence-electron chi connectivity index (χ1n) is 9.83. The number of carbonyl (C=O) groups excluding carboxylic acids is 2. The number of amides is 2. The lowest BCUT2D eigenvalue weighted by Gasteiger charge is -2.07. The Kier molecular flexibility index (Phi) is 7.15. The molecule has 1 heterocycles. The van der Waals surface area contributed by atoms with Gasteiger partial charge >= 0.3 is 0 Å². The molecule has 0 aliphatic heterocycles. The van der Waals surface area contributed by atoms with Gasteiger partial charge in [-0.15, -0.1) is 0 Å². The molecule has 3 aromatic rings. The SMILES string of the molecule is CCOc1ccc(-c2noc(CCC(=O)NNC(=O)c3ccc(CC)cc3)n2)cc1. The number of ether oxygens (including phenoxy) is 1. The van der Waals surface area contributed by atoms with E-state index < -0.39 is 0 Å². The number of hydrogen-bond acceptors (Lipinski definition) is 6. The highest BCUT2D eigenvalue weighted by atomic mass is 16.5. The summed E-state index contributed by atoms with van der Waals surface area (Å²) in [5.41, 5.74) is 7.20. The summed E-state index contributed by atoms with van der Waals surface area (Å²) in [5, 5.41) is 3.94. The minimum absolute atomic E-state index is 0.0972. The molecule has 156 valence electrons. The van der Waals surface area contributed by atoms with Gasteiger partial charge in [0.2, 0.25) is 17.6 Å². The maximum Gasteiger partial charge on any atom is 0.269 e. The third-order valence-electron chi connectivity index (χ3n) is 4.40. The van der Waals surface area contributed by atoms with Crippen LogP contribution >= 0.6 is 0 Å². The molecule has 8 heteroatoms. The van der Waals surface area contributed by atoms with Gasteiger partial charge < -0.3 is 9.26 Å². The molecule has 0 saturated carbocycles. The molecule has 2 N–H and O–H groups in total. The Balaban J connectivity index is 1.46. The van der Waals surface area contributed by atoms with Gasteiger partial charge in [-0.05, 0) is 55.3 Å². The average Bonchev–Trinajstić information content (AvgIpc) is 3.26. The van der Waals surface area contributed by atoms with E-state index in [2.05, 4.69) is 21.0 Å². The molecule has 8 nitrogen and oxygen atoms in total. The van der Waals surface area contributed by atoms with Crippen molar-refractivity contribution in [1.82, 2.24) is 21.0 Å². The van der Waals surface area contributed by atoms with E-state index >= 15 is 0 Å². The molecule has 0 unspecified atom stereocenters. The van der Waals surface area contributed by atoms with Crippen LogP contribution in [0.1, 0.15) is 42.1 Å². The van der Waals surface area contributed by atoms with Crippen LogP contribution in [-0.4, -0.2) is 28.6 Å². The second-order valence-electron chi connectivity index (χ2n) is 6.52. The molecule has 0 spiro atoms. The fraction of sp³-hybridized carbons (Fsp3) is 0.273. The summed E-state index contributed by atoms with van der Waals surface area (Å²) in [5.74, 6) is 0.828. The van der Waals surface area contributed by atoms with E-state index in [4.69, 9.17) is 9.26 Å². The van der Waals surface area contributed by atoms with Crippen LogP contribution in [0.2, 0.25) is 0 Å². The van der Waals surface area contributed by atoms with Crippen LogP contribution in [-0.2, 0) is 17.6 Å². The topological polar surface area (TPSA) is 106 Å². The third kappa shape index (κ3) is 5.66. The fourth-order valence-electron chi connectivity index (χ4n) is 2.71. The first kappa shape index (κ1) is 21.0. The summed E-state index contributed by atoms with van der Waals surface area (Å²) < 4.78 is 10.6. The number of benzene rings is 2. The fourth-order valence-corrected chi connectivity index (χ4v) is 2.71. The smallest absolute Gasteiger partial charge is 0.269 e. The Labute approximate surface area is 174 Å². The summed E-state index contributed by atoms with van der Waals surface area (Å²) in [6, 6.07) is 14.6. The largest absolute Gasteiger partial charge is 0.494 e. The number of hydrazine groups is 1. The van der Waals surface area contributed by atoms with Crippen LogP contribution in [0.3, 0.4) is 0 Å². The lowest BCUT2D eigenvalue weighted by atomic mass is 10.1. The van der Waals surface area contributed by atoms with Gasteiger partial charge in [0.05, 0.1) is 6.61 Å². The van der Waals surface area contributed by atoms with Crippen molar-refractivity contribution in [2.24, 2.45) is 0 Å². The molecule has 0 aliphatic rings. The van der Waals surface area contributed by atoms with Crippen molar-refractivity contribution in [2.45, 2.75) is 33.1 Å². The number of carbonyl (C=O) groups is 2. The second-order valence-corrected chi connectivity index (χ2v) is 6.52. The zero-order valence-corrected chi connectivity index (χ0v) is 17.0. The monoisotopic (exact) mass is 408 g/mol. The number of aromatic nitrogens is 2. The van der Waals surface area contributed by atoms with Crippen LogP contribution in [0.15, 0.2) is 53.1 Å². The Morgan fingerprint density at radius 3 is 2.40 bits per heavy atom. The standard InChI is InChI=1S/C22H24N4O4/c1-3-15-5-7-17(8-6-15)22(28)25-24-19(27)13-14-20-23-21(26-30-20)16-9-11-18(12-10-16)29-4-2/h5-12H,3-4,13-14H2,1-2H3,(H,24,27)(H,25,28). The zero-order chi connectivity index (χ0) is 21.3. The predicted octanol–water partition coefficient (Wildman–Crippen LogP) is 3.09. The quantitative estimate of drug-likeness (QED) is 0.555. The van der Waals surface area contributed by atoms with E-state index in [1.807, 2.05) is 50.2 Å². The van der Waals surface area contributed by atoms with Crippen molar-refractivity contribution in [3.63, 3.8) is 0 Å². The van der Waals surface area contributed by atoms with E-state index in [0.717, 1.165) is 23.3 Å². The van der Waals surface area contributed by atoms with Gasteiger partial charge in [0.25, 0.3) is 5.91 Å². The molecular formula is C22H24N4O4. The Bertz CT molecular complexity index is 981. The van der Waals surface area contributed by atoms with Crippen LogP contribution in [0.5, 0.6) is 5.75 Å². The molecule has 0 atom stereocenters. The lowest BCUT2D eigenvalue weighted by Crippen LogP contribution is -2.41. The van der Waals surface area contributed by atoms with Gasteiger partial charge in [-0.2, -0.15) is 4.98 Å². The van der Waals surface area contributed by atoms with Crippen molar-refractivity contribution in [1.29, 1.82) is 0 Å². The van der Waals surface area contributed by atoms with Crippen molar-refractivity contribution < 1.29 is 18.8 Å². The highest BCUT2D eigenvalue weighted by Gasteiger charge is 2.12. The molecule has 2 amide bonds. The van der Waals surface area contributed by atoms with Crippen molar-refractivity contribution in [2.75, 3.05) is 6.61 Å². The zero-order valence-electron chi connectivity index (χ0n) is 17.0. The molecule has 0 fully saturated rings. The summed E-state index contributed by atoms with van der Waals surface area (Å²) in [6.45, 7) is 4.56. The van der Waals surface area contributed by atoms with E-state index in [1.165, 1.54) is 0 Å². The first-order valence-corrected chi connectivity index (χ1v) is 9.83. The molecule has 0 aliphatic carbocycles. The maximum absolute atomic E-state index is 12.1. The lowest BCUT2D eigenvalue weighted by molar-refractivity contribution is -0.121. The van der Waals surface area contributed by atoms with Crippen LogP contribution in [0.25, 0.3) is 11.4 Å². The number of nitrogens with one attached hydrogen (secondary N) is 2. The van der Waals surface area contributed by atoms with Gasteiger partial charge in [-0.25, -0.2) is 0 Å². The van der Waals surface area contributed by atoms with Crippen molar-refractivity contribution in [3.05, 3.63) is 65.5 Å². The number of rotatable bonds is 8. The number of hydrogen-bond donors (Lipinski definition) is 2.